The fourth-order valence-electron chi connectivity index (χ4n) is 1.22. The van der Waals surface area contributed by atoms with Crippen LogP contribution >= 0.6 is 10.0 Å². The van der Waals surface area contributed by atoms with E-state index in [0.717, 1.165) is 0 Å². The number of rotatable bonds is 4. The fraction of sp³-hybridized carbons (Fsp3) is 1.00. The molecular formula is C8H26BNaO3S. The Morgan fingerprint density at radius 1 is 0.857 bits per heavy atom. The molecule has 6 heteroatoms. The summed E-state index contributed by atoms with van der Waals surface area (Å²) in [6, 6.07) is 0. The SMILES string of the molecule is CCS(CC)(CC)CC.O.OBO.[NaH]. The number of hydrogen-bond donors (Lipinski definition) is 2. The average Bonchev–Trinajstić information content (AvgIpc) is 2.11. The van der Waals surface area contributed by atoms with E-state index in [2.05, 4.69) is 27.7 Å². The maximum atomic E-state index is 7.12. The standard InChI is InChI=1S/C8H20S.BH3O2.Na.H2O.H/c1-5-9(6-2,7-3)8-4;2-1-3;;;/h5-8H2,1-4H3;1-3H;;1H2;. The second-order valence-electron chi connectivity index (χ2n) is 2.52. The molecule has 0 aliphatic rings. The van der Waals surface area contributed by atoms with Crippen LogP contribution in [0.4, 0.5) is 0 Å². The molecule has 0 saturated carbocycles. The molecule has 14 heavy (non-hydrogen) atoms. The van der Waals surface area contributed by atoms with Crippen LogP contribution in [0.1, 0.15) is 27.7 Å². The first-order valence-electron chi connectivity index (χ1n) is 4.62. The van der Waals surface area contributed by atoms with Crippen LogP contribution in [0, 0.1) is 0 Å². The van der Waals surface area contributed by atoms with Gasteiger partial charge in [0.1, 0.15) is 0 Å². The van der Waals surface area contributed by atoms with Crippen LogP contribution in [0.25, 0.3) is 0 Å². The Labute approximate surface area is 113 Å². The van der Waals surface area contributed by atoms with Crippen molar-refractivity contribution in [2.45, 2.75) is 27.7 Å². The zero-order chi connectivity index (χ0) is 10.0. The van der Waals surface area contributed by atoms with E-state index >= 15 is 0 Å². The zero-order valence-corrected chi connectivity index (χ0v) is 10.2. The van der Waals surface area contributed by atoms with E-state index in [0.29, 0.717) is 0 Å². The first-order chi connectivity index (χ1) is 5.66. The summed E-state index contributed by atoms with van der Waals surface area (Å²) < 4.78 is 0. The molecule has 0 aliphatic heterocycles. The van der Waals surface area contributed by atoms with Crippen molar-refractivity contribution >= 4 is 47.3 Å². The van der Waals surface area contributed by atoms with Crippen molar-refractivity contribution in [3.63, 3.8) is 0 Å². The van der Waals surface area contributed by atoms with Crippen LogP contribution in [0.15, 0.2) is 0 Å². The van der Waals surface area contributed by atoms with Gasteiger partial charge in [-0.1, -0.05) is 27.7 Å². The summed E-state index contributed by atoms with van der Waals surface area (Å²) in [6.45, 7) is 9.36. The molecule has 0 atom stereocenters. The van der Waals surface area contributed by atoms with E-state index in [1.807, 2.05) is 0 Å². The van der Waals surface area contributed by atoms with Crippen molar-refractivity contribution in [1.29, 1.82) is 0 Å². The first kappa shape index (κ1) is 24.5. The Morgan fingerprint density at radius 2 is 1.00 bits per heavy atom. The quantitative estimate of drug-likeness (QED) is 0.654. The second-order valence-corrected chi connectivity index (χ2v) is 7.28. The van der Waals surface area contributed by atoms with Crippen LogP contribution in [0.5, 0.6) is 0 Å². The molecule has 86 valence electrons. The Hall–Kier alpha value is 1.29. The van der Waals surface area contributed by atoms with E-state index in [4.69, 9.17) is 10.0 Å². The Balaban J connectivity index is -0.0000000891. The van der Waals surface area contributed by atoms with Crippen molar-refractivity contribution in [2.24, 2.45) is 0 Å². The normalized spacial score (nSPS) is 9.86. The molecule has 0 aromatic heterocycles. The molecule has 0 rings (SSSR count). The molecule has 0 aliphatic carbocycles. The van der Waals surface area contributed by atoms with E-state index in [-0.39, 0.29) is 45.1 Å². The molecular weight excluding hydrogens is 210 g/mol. The van der Waals surface area contributed by atoms with Crippen molar-refractivity contribution in [1.82, 2.24) is 0 Å². The van der Waals surface area contributed by atoms with Gasteiger partial charge in [0.25, 0.3) is 0 Å². The van der Waals surface area contributed by atoms with Gasteiger partial charge in [-0.15, -0.1) is 0 Å². The summed E-state index contributed by atoms with van der Waals surface area (Å²) in [6.07, 6.45) is 0. The summed E-state index contributed by atoms with van der Waals surface area (Å²) >= 11 is 0. The van der Waals surface area contributed by atoms with Crippen LogP contribution in [0.3, 0.4) is 0 Å². The summed E-state index contributed by atoms with van der Waals surface area (Å²) in [4.78, 5) is 0. The minimum absolute atomic E-state index is 0. The molecule has 0 radical (unpaired) electrons. The number of hydrogen-bond acceptors (Lipinski definition) is 2. The molecule has 0 unspecified atom stereocenters. The molecule has 0 saturated heterocycles. The molecule has 0 spiro atoms. The molecule has 0 fully saturated rings. The Kier molecular flexibility index (Phi) is 29.2. The van der Waals surface area contributed by atoms with Crippen molar-refractivity contribution in [3.8, 4) is 0 Å². The zero-order valence-electron chi connectivity index (χ0n) is 9.34. The van der Waals surface area contributed by atoms with Gasteiger partial charge in [0, 0.05) is 0 Å². The van der Waals surface area contributed by atoms with Crippen LogP contribution in [-0.2, 0) is 0 Å². The molecule has 3 nitrogen and oxygen atoms in total. The van der Waals surface area contributed by atoms with Crippen LogP contribution < -0.4 is 0 Å². The van der Waals surface area contributed by atoms with Gasteiger partial charge in [0.15, 0.2) is 0 Å². The molecule has 0 aromatic carbocycles. The van der Waals surface area contributed by atoms with Crippen LogP contribution in [-0.4, -0.2) is 75.8 Å². The third-order valence-corrected chi connectivity index (χ3v) is 7.35. The second kappa shape index (κ2) is 16.7. The van der Waals surface area contributed by atoms with Crippen molar-refractivity contribution in [3.05, 3.63) is 0 Å². The first-order valence-corrected chi connectivity index (χ1v) is 6.92. The van der Waals surface area contributed by atoms with Gasteiger partial charge in [-0.3, -0.25) is 0 Å². The molecule has 0 bridgehead atoms. The van der Waals surface area contributed by atoms with Crippen LogP contribution in [0.2, 0.25) is 0 Å². The predicted molar refractivity (Wildman–Crippen MR) is 72.1 cm³/mol. The van der Waals surface area contributed by atoms with Gasteiger partial charge in [-0.25, -0.2) is 10.0 Å². The average molecular weight is 236 g/mol. The summed E-state index contributed by atoms with van der Waals surface area (Å²) in [5, 5.41) is 14.2. The monoisotopic (exact) mass is 236 g/mol. The van der Waals surface area contributed by atoms with E-state index in [1.54, 1.807) is 0 Å². The third-order valence-electron chi connectivity index (χ3n) is 2.45. The minimum atomic E-state index is -0.750. The summed E-state index contributed by atoms with van der Waals surface area (Å²) in [7, 11) is -0.898. The van der Waals surface area contributed by atoms with Gasteiger partial charge in [-0.05, 0) is 23.0 Å². The van der Waals surface area contributed by atoms with Gasteiger partial charge in [0.05, 0.1) is 0 Å². The van der Waals surface area contributed by atoms with Crippen molar-refractivity contribution in [2.75, 3.05) is 23.0 Å². The van der Waals surface area contributed by atoms with Gasteiger partial charge >= 0.3 is 37.2 Å². The van der Waals surface area contributed by atoms with Crippen molar-refractivity contribution < 1.29 is 15.5 Å². The molecule has 0 heterocycles. The van der Waals surface area contributed by atoms with E-state index < -0.39 is 7.69 Å². The topological polar surface area (TPSA) is 72.0 Å². The summed E-state index contributed by atoms with van der Waals surface area (Å²) in [5.74, 6) is 5.71. The molecule has 0 aromatic rings. The fourth-order valence-corrected chi connectivity index (χ4v) is 3.67. The molecule has 4 N–H and O–H groups in total. The van der Waals surface area contributed by atoms with E-state index in [1.165, 1.54) is 23.0 Å². The Bertz CT molecular complexity index is 77.1. The van der Waals surface area contributed by atoms with Gasteiger partial charge in [0.2, 0.25) is 0 Å². The maximum absolute atomic E-state index is 7.12. The van der Waals surface area contributed by atoms with Gasteiger partial charge < -0.3 is 15.5 Å². The van der Waals surface area contributed by atoms with E-state index in [9.17, 15) is 0 Å². The third kappa shape index (κ3) is 11.4. The van der Waals surface area contributed by atoms with Gasteiger partial charge in [-0.2, -0.15) is 0 Å². The summed E-state index contributed by atoms with van der Waals surface area (Å²) in [5.41, 5.74) is 0. The molecule has 0 amide bonds. The predicted octanol–water partition coefficient (Wildman–Crippen LogP) is -0.365. The Morgan fingerprint density at radius 3 is 1.00 bits per heavy atom.